The summed E-state index contributed by atoms with van der Waals surface area (Å²) in [7, 11) is 1.80. The Balaban J connectivity index is 2.07. The summed E-state index contributed by atoms with van der Waals surface area (Å²) in [4.78, 5) is 30.5. The van der Waals surface area contributed by atoms with Gasteiger partial charge in [0, 0.05) is 25.5 Å². The molecule has 0 aliphatic carbocycles. The number of carbonyl (C=O) groups is 1. The van der Waals surface area contributed by atoms with E-state index in [-0.39, 0.29) is 11.5 Å². The van der Waals surface area contributed by atoms with Crippen LogP contribution in [0.1, 0.15) is 5.56 Å². The molecule has 3 rings (SSSR count). The highest BCUT2D eigenvalue weighted by Crippen LogP contribution is 2.20. The number of rotatable bonds is 1. The number of benzene rings is 1. The third-order valence-electron chi connectivity index (χ3n) is 3.89. The zero-order chi connectivity index (χ0) is 14.3. The Labute approximate surface area is 116 Å². The van der Waals surface area contributed by atoms with Crippen molar-refractivity contribution >= 4 is 22.5 Å². The first-order chi connectivity index (χ1) is 9.56. The van der Waals surface area contributed by atoms with Gasteiger partial charge in [0.05, 0.1) is 6.54 Å². The monoisotopic (exact) mass is 271 g/mol. The summed E-state index contributed by atoms with van der Waals surface area (Å²) < 4.78 is 0. The number of anilines is 1. The van der Waals surface area contributed by atoms with Crippen LogP contribution in [0.5, 0.6) is 0 Å². The van der Waals surface area contributed by atoms with Crippen LogP contribution in [0.4, 0.5) is 5.82 Å². The highest BCUT2D eigenvalue weighted by atomic mass is 16.2. The van der Waals surface area contributed by atoms with E-state index in [0.717, 1.165) is 23.3 Å². The zero-order valence-corrected chi connectivity index (χ0v) is 11.6. The van der Waals surface area contributed by atoms with Crippen molar-refractivity contribution in [1.29, 1.82) is 0 Å². The maximum Gasteiger partial charge on any atom is 0.257 e. The normalized spacial score (nSPS) is 16.0. The van der Waals surface area contributed by atoms with Crippen LogP contribution in [0.25, 0.3) is 10.8 Å². The van der Waals surface area contributed by atoms with Crippen molar-refractivity contribution in [3.05, 3.63) is 40.2 Å². The number of aromatic amines is 1. The predicted molar refractivity (Wildman–Crippen MR) is 79.2 cm³/mol. The molecule has 104 valence electrons. The second-order valence-corrected chi connectivity index (χ2v) is 5.26. The van der Waals surface area contributed by atoms with Gasteiger partial charge in [0.15, 0.2) is 0 Å². The van der Waals surface area contributed by atoms with E-state index < -0.39 is 0 Å². The first kappa shape index (κ1) is 12.7. The number of fused-ring (bicyclic) bond motifs is 1. The molecule has 2 heterocycles. The Morgan fingerprint density at radius 1 is 1.15 bits per heavy atom. The van der Waals surface area contributed by atoms with E-state index in [0.29, 0.717) is 18.5 Å². The van der Waals surface area contributed by atoms with Gasteiger partial charge >= 0.3 is 0 Å². The van der Waals surface area contributed by atoms with Gasteiger partial charge in [-0.15, -0.1) is 0 Å². The van der Waals surface area contributed by atoms with Crippen LogP contribution < -0.4 is 10.5 Å². The summed E-state index contributed by atoms with van der Waals surface area (Å²) in [5, 5.41) is 1.63. The van der Waals surface area contributed by atoms with E-state index in [2.05, 4.69) is 4.98 Å². The Kier molecular flexibility index (Phi) is 2.97. The lowest BCUT2D eigenvalue weighted by atomic mass is 10.1. The molecule has 5 heteroatoms. The van der Waals surface area contributed by atoms with E-state index in [1.165, 1.54) is 0 Å². The van der Waals surface area contributed by atoms with Crippen LogP contribution in [-0.4, -0.2) is 42.5 Å². The number of aromatic nitrogens is 1. The van der Waals surface area contributed by atoms with Crippen LogP contribution in [0.15, 0.2) is 29.1 Å². The molecule has 1 amide bonds. The van der Waals surface area contributed by atoms with Gasteiger partial charge in [-0.2, -0.15) is 0 Å². The standard InChI is InChI=1S/C15H17N3O2/c1-10-4-3-5-11-12(10)8-13(16-15(11)20)18-7-6-17(2)14(19)9-18/h3-5,8H,6-7,9H2,1-2H3,(H,16,20). The summed E-state index contributed by atoms with van der Waals surface area (Å²) >= 11 is 0. The molecule has 0 radical (unpaired) electrons. The summed E-state index contributed by atoms with van der Waals surface area (Å²) in [6, 6.07) is 7.65. The molecule has 1 aromatic heterocycles. The number of nitrogens with zero attached hydrogens (tertiary/aromatic N) is 2. The Morgan fingerprint density at radius 2 is 1.95 bits per heavy atom. The van der Waals surface area contributed by atoms with Crippen LogP contribution in [-0.2, 0) is 4.79 Å². The largest absolute Gasteiger partial charge is 0.347 e. The van der Waals surface area contributed by atoms with Crippen LogP contribution >= 0.6 is 0 Å². The number of nitrogens with one attached hydrogen (secondary N) is 1. The van der Waals surface area contributed by atoms with Crippen molar-refractivity contribution in [2.24, 2.45) is 0 Å². The molecule has 0 saturated carbocycles. The van der Waals surface area contributed by atoms with Crippen molar-refractivity contribution in [3.63, 3.8) is 0 Å². The molecule has 0 atom stereocenters. The van der Waals surface area contributed by atoms with Gasteiger partial charge in [-0.1, -0.05) is 12.1 Å². The van der Waals surface area contributed by atoms with Gasteiger partial charge in [-0.05, 0) is 30.0 Å². The molecular formula is C15H17N3O2. The van der Waals surface area contributed by atoms with Crippen molar-refractivity contribution < 1.29 is 4.79 Å². The predicted octanol–water partition coefficient (Wildman–Crippen LogP) is 1.11. The van der Waals surface area contributed by atoms with E-state index in [9.17, 15) is 9.59 Å². The van der Waals surface area contributed by atoms with Gasteiger partial charge < -0.3 is 14.8 Å². The van der Waals surface area contributed by atoms with E-state index in [1.807, 2.05) is 36.1 Å². The Hall–Kier alpha value is -2.30. The van der Waals surface area contributed by atoms with Crippen molar-refractivity contribution in [3.8, 4) is 0 Å². The molecule has 1 aromatic carbocycles. The molecule has 1 saturated heterocycles. The van der Waals surface area contributed by atoms with Gasteiger partial charge in [-0.3, -0.25) is 9.59 Å². The molecule has 2 aromatic rings. The van der Waals surface area contributed by atoms with Crippen molar-refractivity contribution in [1.82, 2.24) is 9.88 Å². The fraction of sp³-hybridized carbons (Fsp3) is 0.333. The van der Waals surface area contributed by atoms with Crippen LogP contribution in [0.3, 0.4) is 0 Å². The number of amides is 1. The quantitative estimate of drug-likeness (QED) is 0.845. The fourth-order valence-electron chi connectivity index (χ4n) is 2.56. The summed E-state index contributed by atoms with van der Waals surface area (Å²) in [6.07, 6.45) is 0. The molecule has 0 unspecified atom stereocenters. The molecule has 1 aliphatic heterocycles. The molecule has 0 bridgehead atoms. The summed E-state index contributed by atoms with van der Waals surface area (Å²) in [5.41, 5.74) is 0.961. The first-order valence-corrected chi connectivity index (χ1v) is 6.68. The SMILES string of the molecule is Cc1cccc2c(=O)[nH]c(N3CCN(C)C(=O)C3)cc12. The minimum atomic E-state index is -0.104. The van der Waals surface area contributed by atoms with Gasteiger partial charge in [-0.25, -0.2) is 0 Å². The summed E-state index contributed by atoms with van der Waals surface area (Å²) in [5.74, 6) is 0.792. The van der Waals surface area contributed by atoms with Gasteiger partial charge in [0.1, 0.15) is 5.82 Å². The lowest BCUT2D eigenvalue weighted by molar-refractivity contribution is -0.129. The van der Waals surface area contributed by atoms with Gasteiger partial charge in [0.2, 0.25) is 5.91 Å². The lowest BCUT2D eigenvalue weighted by Gasteiger charge is -2.33. The number of pyridine rings is 1. The van der Waals surface area contributed by atoms with Crippen molar-refractivity contribution in [2.75, 3.05) is 31.6 Å². The second-order valence-electron chi connectivity index (χ2n) is 5.26. The average molecular weight is 271 g/mol. The maximum absolute atomic E-state index is 12.2. The molecular weight excluding hydrogens is 254 g/mol. The fourth-order valence-corrected chi connectivity index (χ4v) is 2.56. The Bertz CT molecular complexity index is 735. The molecule has 5 nitrogen and oxygen atoms in total. The number of aryl methyl sites for hydroxylation is 1. The highest BCUT2D eigenvalue weighted by Gasteiger charge is 2.22. The van der Waals surface area contributed by atoms with Crippen molar-refractivity contribution in [2.45, 2.75) is 6.92 Å². The second kappa shape index (κ2) is 4.67. The van der Waals surface area contributed by atoms with E-state index >= 15 is 0 Å². The minimum absolute atomic E-state index is 0.0713. The average Bonchev–Trinajstić information content (AvgIpc) is 2.43. The summed E-state index contributed by atoms with van der Waals surface area (Å²) in [6.45, 7) is 3.70. The number of piperazine rings is 1. The molecule has 20 heavy (non-hydrogen) atoms. The number of hydrogen-bond acceptors (Lipinski definition) is 3. The first-order valence-electron chi connectivity index (χ1n) is 6.68. The number of carbonyl (C=O) groups excluding carboxylic acids is 1. The third-order valence-corrected chi connectivity index (χ3v) is 3.89. The Morgan fingerprint density at radius 3 is 2.70 bits per heavy atom. The zero-order valence-electron chi connectivity index (χ0n) is 11.6. The van der Waals surface area contributed by atoms with E-state index in [4.69, 9.17) is 0 Å². The molecule has 1 N–H and O–H groups in total. The third kappa shape index (κ3) is 2.05. The van der Waals surface area contributed by atoms with Gasteiger partial charge in [0.25, 0.3) is 5.56 Å². The topological polar surface area (TPSA) is 56.4 Å². The van der Waals surface area contributed by atoms with Crippen LogP contribution in [0.2, 0.25) is 0 Å². The molecule has 1 aliphatic rings. The number of hydrogen-bond donors (Lipinski definition) is 1. The molecule has 1 fully saturated rings. The van der Waals surface area contributed by atoms with E-state index in [1.54, 1.807) is 11.9 Å². The van der Waals surface area contributed by atoms with Crippen LogP contribution in [0, 0.1) is 6.92 Å². The minimum Gasteiger partial charge on any atom is -0.347 e. The number of H-pyrrole nitrogens is 1. The number of likely N-dealkylation sites (N-methyl/N-ethyl adjacent to an activating group) is 1. The smallest absolute Gasteiger partial charge is 0.257 e. The highest BCUT2D eigenvalue weighted by molar-refractivity contribution is 5.88. The lowest BCUT2D eigenvalue weighted by Crippen LogP contribution is -2.49. The molecule has 0 spiro atoms. The maximum atomic E-state index is 12.2.